The number of nitrogens with two attached hydrogens (primary N) is 1. The average Bonchev–Trinajstić information content (AvgIpc) is 2.33. The van der Waals surface area contributed by atoms with E-state index in [1.165, 1.54) is 4.31 Å². The van der Waals surface area contributed by atoms with Gasteiger partial charge in [0, 0.05) is 26.7 Å². The highest BCUT2D eigenvalue weighted by atomic mass is 32.2. The molecule has 0 atom stereocenters. The summed E-state index contributed by atoms with van der Waals surface area (Å²) >= 11 is 0. The largest absolute Gasteiger partial charge is 0.383 e. The van der Waals surface area contributed by atoms with Gasteiger partial charge >= 0.3 is 0 Å². The Balaban J connectivity index is 3.11. The van der Waals surface area contributed by atoms with Crippen LogP contribution in [0, 0.1) is 13.8 Å². The van der Waals surface area contributed by atoms with Gasteiger partial charge in [-0.1, -0.05) is 17.7 Å². The molecule has 0 aliphatic carbocycles. The molecule has 0 saturated heterocycles. The fraction of sp³-hybridized carbons (Fsp3) is 0.538. The molecule has 108 valence electrons. The van der Waals surface area contributed by atoms with Crippen molar-refractivity contribution in [2.45, 2.75) is 18.7 Å². The topological polar surface area (TPSA) is 72.6 Å². The van der Waals surface area contributed by atoms with Crippen LogP contribution in [-0.4, -0.2) is 46.1 Å². The van der Waals surface area contributed by atoms with Crippen molar-refractivity contribution in [1.29, 1.82) is 0 Å². The molecule has 0 saturated carbocycles. The summed E-state index contributed by atoms with van der Waals surface area (Å²) in [6.45, 7) is 4.98. The Bertz CT molecular complexity index is 515. The van der Waals surface area contributed by atoms with Crippen LogP contribution in [0.25, 0.3) is 0 Å². The van der Waals surface area contributed by atoms with E-state index < -0.39 is 10.0 Å². The normalized spacial score (nSPS) is 12.1. The van der Waals surface area contributed by atoms with Gasteiger partial charge in [-0.05, 0) is 25.5 Å². The van der Waals surface area contributed by atoms with E-state index in [1.807, 2.05) is 13.0 Å². The average molecular weight is 286 g/mol. The molecule has 1 aromatic rings. The van der Waals surface area contributed by atoms with Crippen molar-refractivity contribution in [3.05, 3.63) is 29.3 Å². The number of benzene rings is 1. The standard InChI is InChI=1S/C13H22N2O3S/c1-11-4-5-13(12(2)10-11)19(16,17)15(7-6-14)8-9-18-3/h4-5,10H,6-9,14H2,1-3H3. The van der Waals surface area contributed by atoms with Crippen LogP contribution in [0.5, 0.6) is 0 Å². The van der Waals surface area contributed by atoms with Gasteiger partial charge in [0.05, 0.1) is 11.5 Å². The fourth-order valence-electron chi connectivity index (χ4n) is 1.92. The second-order valence-corrected chi connectivity index (χ2v) is 6.36. The van der Waals surface area contributed by atoms with Gasteiger partial charge in [-0.25, -0.2) is 8.42 Å². The summed E-state index contributed by atoms with van der Waals surface area (Å²) in [6, 6.07) is 5.32. The molecule has 19 heavy (non-hydrogen) atoms. The highest BCUT2D eigenvalue weighted by Crippen LogP contribution is 2.20. The maximum Gasteiger partial charge on any atom is 0.243 e. The molecule has 0 amide bonds. The first kappa shape index (κ1) is 16.1. The first-order chi connectivity index (χ1) is 8.93. The van der Waals surface area contributed by atoms with Gasteiger partial charge in [0.1, 0.15) is 0 Å². The third-order valence-electron chi connectivity index (χ3n) is 2.87. The minimum Gasteiger partial charge on any atom is -0.383 e. The third-order valence-corrected chi connectivity index (χ3v) is 4.93. The quantitative estimate of drug-likeness (QED) is 0.808. The Morgan fingerprint density at radius 2 is 1.95 bits per heavy atom. The molecular weight excluding hydrogens is 264 g/mol. The van der Waals surface area contributed by atoms with Crippen LogP contribution in [0.2, 0.25) is 0 Å². The molecule has 1 rings (SSSR count). The molecule has 0 spiro atoms. The zero-order valence-electron chi connectivity index (χ0n) is 11.7. The predicted molar refractivity (Wildman–Crippen MR) is 75.6 cm³/mol. The SMILES string of the molecule is COCCN(CCN)S(=O)(=O)c1ccc(C)cc1C. The van der Waals surface area contributed by atoms with Crippen LogP contribution in [0.4, 0.5) is 0 Å². The molecule has 0 radical (unpaired) electrons. The number of sulfonamides is 1. The molecule has 0 aliphatic heterocycles. The molecule has 0 heterocycles. The number of ether oxygens (including phenoxy) is 1. The van der Waals surface area contributed by atoms with Crippen molar-refractivity contribution in [3.8, 4) is 0 Å². The summed E-state index contributed by atoms with van der Waals surface area (Å²) in [5, 5.41) is 0. The summed E-state index contributed by atoms with van der Waals surface area (Å²) in [6.07, 6.45) is 0. The van der Waals surface area contributed by atoms with Gasteiger partial charge in [0.25, 0.3) is 0 Å². The molecule has 6 heteroatoms. The van der Waals surface area contributed by atoms with Crippen molar-refractivity contribution < 1.29 is 13.2 Å². The highest BCUT2D eigenvalue weighted by molar-refractivity contribution is 7.89. The molecule has 0 aliphatic rings. The van der Waals surface area contributed by atoms with Gasteiger partial charge in [-0.2, -0.15) is 4.31 Å². The van der Waals surface area contributed by atoms with Gasteiger partial charge in [-0.15, -0.1) is 0 Å². The predicted octanol–water partition coefficient (Wildman–Crippen LogP) is 0.899. The van der Waals surface area contributed by atoms with E-state index in [-0.39, 0.29) is 6.54 Å². The van der Waals surface area contributed by atoms with E-state index in [0.29, 0.717) is 24.6 Å². The van der Waals surface area contributed by atoms with Crippen LogP contribution in [-0.2, 0) is 14.8 Å². The molecular formula is C13H22N2O3S. The lowest BCUT2D eigenvalue weighted by molar-refractivity contribution is 0.179. The van der Waals surface area contributed by atoms with E-state index >= 15 is 0 Å². The van der Waals surface area contributed by atoms with E-state index in [1.54, 1.807) is 26.2 Å². The van der Waals surface area contributed by atoms with Gasteiger partial charge < -0.3 is 10.5 Å². The lowest BCUT2D eigenvalue weighted by Gasteiger charge is -2.22. The number of nitrogens with zero attached hydrogens (tertiary/aromatic N) is 1. The Morgan fingerprint density at radius 1 is 1.26 bits per heavy atom. The number of hydrogen-bond donors (Lipinski definition) is 1. The van der Waals surface area contributed by atoms with Crippen LogP contribution in [0.1, 0.15) is 11.1 Å². The molecule has 1 aromatic carbocycles. The summed E-state index contributed by atoms with van der Waals surface area (Å²) in [4.78, 5) is 0.336. The zero-order valence-corrected chi connectivity index (χ0v) is 12.5. The highest BCUT2D eigenvalue weighted by Gasteiger charge is 2.25. The van der Waals surface area contributed by atoms with Crippen LogP contribution < -0.4 is 5.73 Å². The summed E-state index contributed by atoms with van der Waals surface area (Å²) < 4.78 is 31.5. The summed E-state index contributed by atoms with van der Waals surface area (Å²) in [5.41, 5.74) is 7.28. The number of hydrogen-bond acceptors (Lipinski definition) is 4. The molecule has 0 bridgehead atoms. The van der Waals surface area contributed by atoms with E-state index in [2.05, 4.69) is 0 Å². The zero-order chi connectivity index (χ0) is 14.5. The Kier molecular flexibility index (Phi) is 5.93. The van der Waals surface area contributed by atoms with Crippen LogP contribution in [0.3, 0.4) is 0 Å². The van der Waals surface area contributed by atoms with Crippen molar-refractivity contribution in [2.75, 3.05) is 33.4 Å². The van der Waals surface area contributed by atoms with Crippen molar-refractivity contribution in [2.24, 2.45) is 5.73 Å². The minimum atomic E-state index is -3.51. The van der Waals surface area contributed by atoms with E-state index in [4.69, 9.17) is 10.5 Å². The maximum atomic E-state index is 12.6. The maximum absolute atomic E-state index is 12.6. The second-order valence-electron chi connectivity index (χ2n) is 4.45. The number of aryl methyl sites for hydroxylation is 2. The molecule has 2 N–H and O–H groups in total. The number of methoxy groups -OCH3 is 1. The summed E-state index contributed by atoms with van der Waals surface area (Å²) in [5.74, 6) is 0. The van der Waals surface area contributed by atoms with E-state index in [0.717, 1.165) is 11.1 Å². The lowest BCUT2D eigenvalue weighted by Crippen LogP contribution is -2.38. The van der Waals surface area contributed by atoms with Gasteiger partial charge in [0.2, 0.25) is 10.0 Å². The molecule has 5 nitrogen and oxygen atoms in total. The second kappa shape index (κ2) is 7.00. The summed E-state index contributed by atoms with van der Waals surface area (Å²) in [7, 11) is -1.96. The van der Waals surface area contributed by atoms with Crippen molar-refractivity contribution in [3.63, 3.8) is 0 Å². The van der Waals surface area contributed by atoms with Crippen LogP contribution in [0.15, 0.2) is 23.1 Å². The van der Waals surface area contributed by atoms with Crippen molar-refractivity contribution >= 4 is 10.0 Å². The molecule has 0 fully saturated rings. The smallest absolute Gasteiger partial charge is 0.243 e. The third kappa shape index (κ3) is 4.01. The monoisotopic (exact) mass is 286 g/mol. The first-order valence-corrected chi connectivity index (χ1v) is 7.64. The minimum absolute atomic E-state index is 0.286. The molecule has 0 unspecified atom stereocenters. The molecule has 0 aromatic heterocycles. The number of rotatable bonds is 7. The first-order valence-electron chi connectivity index (χ1n) is 6.20. The van der Waals surface area contributed by atoms with E-state index in [9.17, 15) is 8.42 Å². The fourth-order valence-corrected chi connectivity index (χ4v) is 3.56. The lowest BCUT2D eigenvalue weighted by atomic mass is 10.2. The Hall–Kier alpha value is -0.950. The Labute approximate surface area is 115 Å². The van der Waals surface area contributed by atoms with Crippen LogP contribution >= 0.6 is 0 Å². The Morgan fingerprint density at radius 3 is 2.47 bits per heavy atom. The van der Waals surface area contributed by atoms with Gasteiger partial charge in [-0.3, -0.25) is 0 Å². The van der Waals surface area contributed by atoms with Gasteiger partial charge in [0.15, 0.2) is 0 Å². The van der Waals surface area contributed by atoms with Crippen molar-refractivity contribution in [1.82, 2.24) is 4.31 Å².